The number of carboxylic acids is 1. The molecule has 0 aliphatic heterocycles. The molecule has 0 unspecified atom stereocenters. The maximum atomic E-state index is 11.0. The van der Waals surface area contributed by atoms with Crippen molar-refractivity contribution in [3.05, 3.63) is 53.1 Å². The Morgan fingerprint density at radius 3 is 3.00 bits per heavy atom. The fraction of sp³-hybridized carbons (Fsp3) is 0.0833. The molecule has 0 aliphatic carbocycles. The fourth-order valence-electron chi connectivity index (χ4n) is 1.46. The predicted octanol–water partition coefficient (Wildman–Crippen LogP) is 2.44. The summed E-state index contributed by atoms with van der Waals surface area (Å²) < 4.78 is 0. The van der Waals surface area contributed by atoms with E-state index in [0.29, 0.717) is 17.3 Å². The van der Waals surface area contributed by atoms with Crippen LogP contribution in [-0.2, 0) is 6.54 Å². The van der Waals surface area contributed by atoms with Gasteiger partial charge in [0.25, 0.3) is 0 Å². The molecule has 18 heavy (non-hydrogen) atoms. The van der Waals surface area contributed by atoms with Crippen molar-refractivity contribution in [2.45, 2.75) is 6.54 Å². The standard InChI is InChI=1S/C12H10ClN3O2/c13-8-2-1-3-9(4-8)15-6-11-10(12(17)18)5-14-7-16-11/h1-5,7,15H,6H2,(H,17,18). The van der Waals surface area contributed by atoms with Crippen molar-refractivity contribution in [3.63, 3.8) is 0 Å². The third-order valence-corrected chi connectivity index (χ3v) is 2.54. The van der Waals surface area contributed by atoms with E-state index in [0.717, 1.165) is 5.69 Å². The SMILES string of the molecule is O=C(O)c1cncnc1CNc1cccc(Cl)c1. The van der Waals surface area contributed by atoms with E-state index in [1.54, 1.807) is 12.1 Å². The number of aromatic nitrogens is 2. The van der Waals surface area contributed by atoms with Gasteiger partial charge in [-0.2, -0.15) is 0 Å². The average molecular weight is 264 g/mol. The van der Waals surface area contributed by atoms with E-state index in [9.17, 15) is 4.79 Å². The number of carbonyl (C=O) groups is 1. The van der Waals surface area contributed by atoms with E-state index in [1.165, 1.54) is 12.5 Å². The lowest BCUT2D eigenvalue weighted by atomic mass is 10.2. The van der Waals surface area contributed by atoms with Gasteiger partial charge < -0.3 is 10.4 Å². The monoisotopic (exact) mass is 263 g/mol. The molecule has 2 aromatic rings. The highest BCUT2D eigenvalue weighted by Gasteiger charge is 2.10. The number of aromatic carboxylic acids is 1. The van der Waals surface area contributed by atoms with Crippen molar-refractivity contribution in [1.82, 2.24) is 9.97 Å². The highest BCUT2D eigenvalue weighted by molar-refractivity contribution is 6.30. The van der Waals surface area contributed by atoms with Gasteiger partial charge in [0.05, 0.1) is 12.2 Å². The number of hydrogen-bond acceptors (Lipinski definition) is 4. The smallest absolute Gasteiger partial charge is 0.339 e. The van der Waals surface area contributed by atoms with E-state index in [2.05, 4.69) is 15.3 Å². The Kier molecular flexibility index (Phi) is 3.74. The second kappa shape index (κ2) is 5.46. The number of anilines is 1. The molecule has 2 N–H and O–H groups in total. The Bertz CT molecular complexity index is 575. The maximum Gasteiger partial charge on any atom is 0.339 e. The Hall–Kier alpha value is -2.14. The average Bonchev–Trinajstić information content (AvgIpc) is 2.37. The first kappa shape index (κ1) is 12.3. The van der Waals surface area contributed by atoms with Crippen LogP contribution in [-0.4, -0.2) is 21.0 Å². The number of halogens is 1. The lowest BCUT2D eigenvalue weighted by molar-refractivity contribution is 0.0694. The molecule has 1 aromatic heterocycles. The van der Waals surface area contributed by atoms with Gasteiger partial charge in [0.15, 0.2) is 0 Å². The number of rotatable bonds is 4. The summed E-state index contributed by atoms with van der Waals surface area (Å²) in [7, 11) is 0. The van der Waals surface area contributed by atoms with Crippen molar-refractivity contribution >= 4 is 23.3 Å². The van der Waals surface area contributed by atoms with Crippen LogP contribution in [0.5, 0.6) is 0 Å². The maximum absolute atomic E-state index is 11.0. The Balaban J connectivity index is 2.13. The first-order chi connectivity index (χ1) is 8.66. The molecule has 0 radical (unpaired) electrons. The number of nitrogens with zero attached hydrogens (tertiary/aromatic N) is 2. The van der Waals surface area contributed by atoms with Crippen LogP contribution in [0.2, 0.25) is 5.02 Å². The second-order valence-corrected chi connectivity index (χ2v) is 3.99. The second-order valence-electron chi connectivity index (χ2n) is 3.55. The topological polar surface area (TPSA) is 75.1 Å². The molecule has 1 aromatic carbocycles. The predicted molar refractivity (Wildman–Crippen MR) is 67.8 cm³/mol. The van der Waals surface area contributed by atoms with Crippen molar-refractivity contribution in [2.75, 3.05) is 5.32 Å². The largest absolute Gasteiger partial charge is 0.478 e. The van der Waals surface area contributed by atoms with Gasteiger partial charge in [0.2, 0.25) is 0 Å². The number of benzene rings is 1. The van der Waals surface area contributed by atoms with Gasteiger partial charge in [-0.25, -0.2) is 14.8 Å². The molecule has 0 amide bonds. The number of nitrogens with one attached hydrogen (secondary N) is 1. The van der Waals surface area contributed by atoms with E-state index >= 15 is 0 Å². The molecule has 2 rings (SSSR count). The van der Waals surface area contributed by atoms with Gasteiger partial charge in [-0.15, -0.1) is 0 Å². The molecule has 92 valence electrons. The number of carboxylic acid groups (broad SMARTS) is 1. The van der Waals surface area contributed by atoms with E-state index in [1.807, 2.05) is 12.1 Å². The van der Waals surface area contributed by atoms with Crippen LogP contribution in [0.15, 0.2) is 36.8 Å². The minimum atomic E-state index is -1.04. The minimum Gasteiger partial charge on any atom is -0.478 e. The molecule has 0 spiro atoms. The zero-order chi connectivity index (χ0) is 13.0. The summed E-state index contributed by atoms with van der Waals surface area (Å²) >= 11 is 5.85. The van der Waals surface area contributed by atoms with Crippen LogP contribution in [0.4, 0.5) is 5.69 Å². The molecular formula is C12H10ClN3O2. The van der Waals surface area contributed by atoms with Gasteiger partial charge in [0, 0.05) is 16.9 Å². The summed E-state index contributed by atoms with van der Waals surface area (Å²) in [6.07, 6.45) is 2.60. The zero-order valence-corrected chi connectivity index (χ0v) is 10.1. The van der Waals surface area contributed by atoms with Crippen molar-refractivity contribution in [2.24, 2.45) is 0 Å². The quantitative estimate of drug-likeness (QED) is 0.886. The summed E-state index contributed by atoms with van der Waals surface area (Å²) in [4.78, 5) is 18.6. The van der Waals surface area contributed by atoms with Gasteiger partial charge in [-0.3, -0.25) is 0 Å². The summed E-state index contributed by atoms with van der Waals surface area (Å²) in [5, 5.41) is 12.6. The third kappa shape index (κ3) is 2.95. The summed E-state index contributed by atoms with van der Waals surface area (Å²) in [6.45, 7) is 0.296. The molecule has 6 heteroatoms. The van der Waals surface area contributed by atoms with Gasteiger partial charge in [0.1, 0.15) is 11.9 Å². The molecule has 0 atom stereocenters. The first-order valence-corrected chi connectivity index (χ1v) is 5.56. The summed E-state index contributed by atoms with van der Waals surface area (Å²) in [5.74, 6) is -1.04. The van der Waals surface area contributed by atoms with Crippen molar-refractivity contribution in [3.8, 4) is 0 Å². The van der Waals surface area contributed by atoms with Gasteiger partial charge in [-0.05, 0) is 18.2 Å². The molecule has 1 heterocycles. The van der Waals surface area contributed by atoms with Crippen LogP contribution in [0.25, 0.3) is 0 Å². The zero-order valence-electron chi connectivity index (χ0n) is 9.30. The van der Waals surface area contributed by atoms with Crippen LogP contribution in [0.3, 0.4) is 0 Å². The van der Waals surface area contributed by atoms with Gasteiger partial charge in [-0.1, -0.05) is 17.7 Å². The Labute approximate surface area is 108 Å². The molecule has 0 saturated heterocycles. The van der Waals surface area contributed by atoms with E-state index in [-0.39, 0.29) is 5.56 Å². The Morgan fingerprint density at radius 2 is 2.28 bits per heavy atom. The minimum absolute atomic E-state index is 0.0898. The molecule has 0 aliphatic rings. The van der Waals surface area contributed by atoms with Crippen molar-refractivity contribution in [1.29, 1.82) is 0 Å². The molecule has 5 nitrogen and oxygen atoms in total. The lowest BCUT2D eigenvalue weighted by Crippen LogP contribution is -2.10. The van der Waals surface area contributed by atoms with E-state index < -0.39 is 5.97 Å². The Morgan fingerprint density at radius 1 is 1.44 bits per heavy atom. The summed E-state index contributed by atoms with van der Waals surface area (Å²) in [5.41, 5.74) is 1.32. The number of hydrogen-bond donors (Lipinski definition) is 2. The van der Waals surface area contributed by atoms with Crippen LogP contribution in [0.1, 0.15) is 16.1 Å². The van der Waals surface area contributed by atoms with Gasteiger partial charge >= 0.3 is 5.97 Å². The highest BCUT2D eigenvalue weighted by atomic mass is 35.5. The van der Waals surface area contributed by atoms with Crippen LogP contribution < -0.4 is 5.32 Å². The molecule has 0 saturated carbocycles. The normalized spacial score (nSPS) is 10.1. The lowest BCUT2D eigenvalue weighted by Gasteiger charge is -2.07. The third-order valence-electron chi connectivity index (χ3n) is 2.31. The summed E-state index contributed by atoms with van der Waals surface area (Å²) in [6, 6.07) is 7.17. The van der Waals surface area contributed by atoms with Crippen LogP contribution >= 0.6 is 11.6 Å². The fourth-order valence-corrected chi connectivity index (χ4v) is 1.65. The molecular weight excluding hydrogens is 254 g/mol. The van der Waals surface area contributed by atoms with E-state index in [4.69, 9.17) is 16.7 Å². The van der Waals surface area contributed by atoms with Crippen LogP contribution in [0, 0.1) is 0 Å². The highest BCUT2D eigenvalue weighted by Crippen LogP contribution is 2.16. The molecule has 0 bridgehead atoms. The van der Waals surface area contributed by atoms with Crippen molar-refractivity contribution < 1.29 is 9.90 Å². The first-order valence-electron chi connectivity index (χ1n) is 5.18. The molecule has 0 fully saturated rings.